The minimum Gasteiger partial charge on any atom is -0.492 e. The van der Waals surface area contributed by atoms with Crippen LogP contribution in [0, 0.1) is 11.8 Å². The molecule has 1 fully saturated rings. The minimum atomic E-state index is 0.557. The van der Waals surface area contributed by atoms with Gasteiger partial charge in [-0.2, -0.15) is 0 Å². The van der Waals surface area contributed by atoms with Crippen LogP contribution in [0.4, 0.5) is 11.4 Å². The lowest BCUT2D eigenvalue weighted by Gasteiger charge is -2.35. The summed E-state index contributed by atoms with van der Waals surface area (Å²) in [5.74, 6) is 2.29. The van der Waals surface area contributed by atoms with Crippen molar-refractivity contribution in [3.63, 3.8) is 0 Å². The molecule has 0 saturated heterocycles. The van der Waals surface area contributed by atoms with E-state index < -0.39 is 0 Å². The molecule has 106 valence electrons. The third-order valence-corrected chi connectivity index (χ3v) is 4.37. The van der Waals surface area contributed by atoms with Crippen LogP contribution in [-0.2, 0) is 0 Å². The van der Waals surface area contributed by atoms with Crippen LogP contribution >= 0.6 is 0 Å². The number of rotatable bonds is 4. The predicted octanol–water partition coefficient (Wildman–Crippen LogP) is 3.90. The van der Waals surface area contributed by atoms with Gasteiger partial charge in [-0.3, -0.25) is 0 Å². The van der Waals surface area contributed by atoms with Crippen LogP contribution in [0.1, 0.15) is 40.0 Å². The molecule has 1 aliphatic carbocycles. The number of benzene rings is 1. The lowest BCUT2D eigenvalue weighted by molar-refractivity contribution is 0.253. The van der Waals surface area contributed by atoms with Crippen molar-refractivity contribution in [3.05, 3.63) is 18.2 Å². The quantitative estimate of drug-likeness (QED) is 0.809. The largest absolute Gasteiger partial charge is 0.492 e. The SMILES string of the molecule is CCOc1cc(NC2CCCC(C)C2C)ccc1N. The number of hydrogen-bond acceptors (Lipinski definition) is 3. The van der Waals surface area contributed by atoms with Gasteiger partial charge in [0.2, 0.25) is 0 Å². The van der Waals surface area contributed by atoms with Crippen LogP contribution in [0.15, 0.2) is 18.2 Å². The summed E-state index contributed by atoms with van der Waals surface area (Å²) in [6, 6.07) is 6.54. The molecule has 0 spiro atoms. The molecule has 2 rings (SSSR count). The van der Waals surface area contributed by atoms with Gasteiger partial charge < -0.3 is 15.8 Å². The molecule has 1 saturated carbocycles. The Labute approximate surface area is 116 Å². The Morgan fingerprint density at radius 1 is 1.32 bits per heavy atom. The Bertz CT molecular complexity index is 419. The molecule has 3 N–H and O–H groups in total. The number of hydrogen-bond donors (Lipinski definition) is 2. The van der Waals surface area contributed by atoms with Crippen molar-refractivity contribution < 1.29 is 4.74 Å². The van der Waals surface area contributed by atoms with Gasteiger partial charge in [0, 0.05) is 17.8 Å². The van der Waals surface area contributed by atoms with E-state index in [1.54, 1.807) is 0 Å². The van der Waals surface area contributed by atoms with E-state index >= 15 is 0 Å². The Morgan fingerprint density at radius 2 is 2.11 bits per heavy atom. The summed E-state index contributed by atoms with van der Waals surface area (Å²) >= 11 is 0. The standard InChI is InChI=1S/C16H26N2O/c1-4-19-16-10-13(8-9-14(16)17)18-15-7-5-6-11(2)12(15)3/h8-12,15,18H,4-7,17H2,1-3H3. The summed E-state index contributed by atoms with van der Waals surface area (Å²) in [4.78, 5) is 0. The van der Waals surface area contributed by atoms with E-state index in [0.717, 1.165) is 17.4 Å². The van der Waals surface area contributed by atoms with E-state index in [1.165, 1.54) is 19.3 Å². The van der Waals surface area contributed by atoms with Crippen molar-refractivity contribution in [1.29, 1.82) is 0 Å². The van der Waals surface area contributed by atoms with Crippen LogP contribution in [-0.4, -0.2) is 12.6 Å². The summed E-state index contributed by atoms with van der Waals surface area (Å²) in [5, 5.41) is 3.65. The van der Waals surface area contributed by atoms with E-state index in [4.69, 9.17) is 10.5 Å². The molecule has 3 heteroatoms. The summed E-state index contributed by atoms with van der Waals surface area (Å²) in [5.41, 5.74) is 7.73. The van der Waals surface area contributed by atoms with Gasteiger partial charge in [-0.05, 0) is 37.3 Å². The first-order valence-corrected chi connectivity index (χ1v) is 7.40. The highest BCUT2D eigenvalue weighted by Crippen LogP contribution is 2.33. The normalized spacial score (nSPS) is 27.0. The molecule has 3 nitrogen and oxygen atoms in total. The molecule has 0 bridgehead atoms. The maximum absolute atomic E-state index is 5.91. The fourth-order valence-corrected chi connectivity index (χ4v) is 2.90. The van der Waals surface area contributed by atoms with Crippen molar-refractivity contribution in [3.8, 4) is 5.75 Å². The molecule has 3 atom stereocenters. The monoisotopic (exact) mass is 262 g/mol. The summed E-state index contributed by atoms with van der Waals surface area (Å²) in [6.45, 7) is 7.32. The molecular formula is C16H26N2O. The molecular weight excluding hydrogens is 236 g/mol. The number of anilines is 2. The van der Waals surface area contributed by atoms with Crippen LogP contribution in [0.2, 0.25) is 0 Å². The average Bonchev–Trinajstić information content (AvgIpc) is 2.39. The molecule has 19 heavy (non-hydrogen) atoms. The highest BCUT2D eigenvalue weighted by Gasteiger charge is 2.26. The Hall–Kier alpha value is -1.38. The molecule has 0 aromatic heterocycles. The van der Waals surface area contributed by atoms with Crippen LogP contribution in [0.5, 0.6) is 5.75 Å². The highest BCUT2D eigenvalue weighted by molar-refractivity contribution is 5.61. The number of nitrogens with two attached hydrogens (primary N) is 1. The average molecular weight is 262 g/mol. The zero-order chi connectivity index (χ0) is 13.8. The van der Waals surface area contributed by atoms with Gasteiger partial charge in [0.25, 0.3) is 0 Å². The van der Waals surface area contributed by atoms with Gasteiger partial charge in [-0.15, -0.1) is 0 Å². The summed E-state index contributed by atoms with van der Waals surface area (Å²) in [6.07, 6.45) is 3.92. The van der Waals surface area contributed by atoms with Crippen LogP contribution < -0.4 is 15.8 Å². The third-order valence-electron chi connectivity index (χ3n) is 4.37. The number of ether oxygens (including phenoxy) is 1. The van der Waals surface area contributed by atoms with Gasteiger partial charge in [-0.25, -0.2) is 0 Å². The van der Waals surface area contributed by atoms with E-state index in [1.807, 2.05) is 25.1 Å². The molecule has 0 amide bonds. The maximum atomic E-state index is 5.91. The first kappa shape index (κ1) is 14.0. The maximum Gasteiger partial charge on any atom is 0.144 e. The van der Waals surface area contributed by atoms with Gasteiger partial charge >= 0.3 is 0 Å². The van der Waals surface area contributed by atoms with Crippen molar-refractivity contribution in [1.82, 2.24) is 0 Å². The molecule has 1 aromatic carbocycles. The van der Waals surface area contributed by atoms with Crippen molar-refractivity contribution in [2.75, 3.05) is 17.7 Å². The first-order chi connectivity index (χ1) is 9.11. The fourth-order valence-electron chi connectivity index (χ4n) is 2.90. The van der Waals surface area contributed by atoms with E-state index in [2.05, 4.69) is 19.2 Å². The molecule has 3 unspecified atom stereocenters. The summed E-state index contributed by atoms with van der Waals surface area (Å²) < 4.78 is 5.55. The van der Waals surface area contributed by atoms with Gasteiger partial charge in [0.15, 0.2) is 0 Å². The molecule has 0 heterocycles. The number of nitrogen functional groups attached to an aromatic ring is 1. The molecule has 0 radical (unpaired) electrons. The summed E-state index contributed by atoms with van der Waals surface area (Å²) in [7, 11) is 0. The van der Waals surface area contributed by atoms with Crippen molar-refractivity contribution >= 4 is 11.4 Å². The fraction of sp³-hybridized carbons (Fsp3) is 0.625. The Morgan fingerprint density at radius 3 is 2.84 bits per heavy atom. The molecule has 1 aromatic rings. The van der Waals surface area contributed by atoms with Gasteiger partial charge in [-0.1, -0.05) is 26.7 Å². The zero-order valence-corrected chi connectivity index (χ0v) is 12.3. The second-order valence-corrected chi connectivity index (χ2v) is 5.70. The lowest BCUT2D eigenvalue weighted by Crippen LogP contribution is -2.34. The van der Waals surface area contributed by atoms with Gasteiger partial charge in [0.05, 0.1) is 12.3 Å². The van der Waals surface area contributed by atoms with Crippen molar-refractivity contribution in [2.24, 2.45) is 11.8 Å². The Kier molecular flexibility index (Phi) is 4.56. The Balaban J connectivity index is 2.08. The van der Waals surface area contributed by atoms with E-state index in [-0.39, 0.29) is 0 Å². The topological polar surface area (TPSA) is 47.3 Å². The second-order valence-electron chi connectivity index (χ2n) is 5.70. The van der Waals surface area contributed by atoms with Gasteiger partial charge in [0.1, 0.15) is 5.75 Å². The third kappa shape index (κ3) is 3.34. The highest BCUT2D eigenvalue weighted by atomic mass is 16.5. The zero-order valence-electron chi connectivity index (χ0n) is 12.3. The number of nitrogens with one attached hydrogen (secondary N) is 1. The lowest BCUT2D eigenvalue weighted by atomic mass is 9.78. The van der Waals surface area contributed by atoms with E-state index in [0.29, 0.717) is 24.3 Å². The molecule has 0 aliphatic heterocycles. The first-order valence-electron chi connectivity index (χ1n) is 7.40. The smallest absolute Gasteiger partial charge is 0.144 e. The van der Waals surface area contributed by atoms with Crippen LogP contribution in [0.3, 0.4) is 0 Å². The van der Waals surface area contributed by atoms with Crippen molar-refractivity contribution in [2.45, 2.75) is 46.1 Å². The predicted molar refractivity (Wildman–Crippen MR) is 81.6 cm³/mol. The minimum absolute atomic E-state index is 0.557. The van der Waals surface area contributed by atoms with Crippen LogP contribution in [0.25, 0.3) is 0 Å². The van der Waals surface area contributed by atoms with E-state index in [9.17, 15) is 0 Å². The molecule has 1 aliphatic rings. The second kappa shape index (κ2) is 6.18.